The van der Waals surface area contributed by atoms with Gasteiger partial charge in [0.15, 0.2) is 0 Å². The zero-order valence-electron chi connectivity index (χ0n) is 9.72. The third-order valence-electron chi connectivity index (χ3n) is 2.34. The average Bonchev–Trinajstić information content (AvgIpc) is 2.21. The fourth-order valence-corrected chi connectivity index (χ4v) is 1.39. The molecular formula is C12H19ClN2. The summed E-state index contributed by atoms with van der Waals surface area (Å²) in [5, 5.41) is 6.35. The molecule has 2 nitrogen and oxygen atoms in total. The fourth-order valence-electron chi connectivity index (χ4n) is 1.39. The van der Waals surface area contributed by atoms with E-state index in [2.05, 4.69) is 48.7 Å². The first kappa shape index (κ1) is 13.8. The van der Waals surface area contributed by atoms with Gasteiger partial charge in [0.25, 0.3) is 0 Å². The lowest BCUT2D eigenvalue weighted by molar-refractivity contribution is 0.959. The maximum Gasteiger partial charge on any atom is 0.0600 e. The number of hydrogen-bond donors (Lipinski definition) is 2. The van der Waals surface area contributed by atoms with Gasteiger partial charge in [0, 0.05) is 19.8 Å². The maximum absolute atomic E-state index is 3.21. The highest BCUT2D eigenvalue weighted by atomic mass is 35.5. The van der Waals surface area contributed by atoms with E-state index in [-0.39, 0.29) is 12.4 Å². The van der Waals surface area contributed by atoms with Crippen molar-refractivity contribution in [3.63, 3.8) is 0 Å². The molecule has 0 aliphatic heterocycles. The fraction of sp³-hybridized carbons (Fsp3) is 0.333. The van der Waals surface area contributed by atoms with Gasteiger partial charge in [-0.15, -0.1) is 12.4 Å². The van der Waals surface area contributed by atoms with E-state index >= 15 is 0 Å². The third-order valence-corrected chi connectivity index (χ3v) is 2.34. The first-order chi connectivity index (χ1) is 6.69. The van der Waals surface area contributed by atoms with Crippen LogP contribution in [0.1, 0.15) is 18.1 Å². The van der Waals surface area contributed by atoms with Crippen molar-refractivity contribution in [1.29, 1.82) is 0 Å². The predicted octanol–water partition coefficient (Wildman–Crippen LogP) is 2.54. The lowest BCUT2D eigenvalue weighted by Gasteiger charge is -2.12. The van der Waals surface area contributed by atoms with E-state index in [0.717, 1.165) is 11.4 Å². The molecule has 3 heteroatoms. The van der Waals surface area contributed by atoms with Crippen molar-refractivity contribution < 1.29 is 0 Å². The Morgan fingerprint density at radius 3 is 1.93 bits per heavy atom. The van der Waals surface area contributed by atoms with Gasteiger partial charge in [-0.1, -0.05) is 29.8 Å². The van der Waals surface area contributed by atoms with Crippen molar-refractivity contribution in [2.24, 2.45) is 0 Å². The molecule has 1 aromatic rings. The van der Waals surface area contributed by atoms with E-state index in [1.807, 2.05) is 14.1 Å². The van der Waals surface area contributed by atoms with Crippen LogP contribution in [0.5, 0.6) is 0 Å². The number of benzene rings is 1. The van der Waals surface area contributed by atoms with E-state index in [0.29, 0.717) is 0 Å². The minimum Gasteiger partial charge on any atom is -0.390 e. The quantitative estimate of drug-likeness (QED) is 0.828. The summed E-state index contributed by atoms with van der Waals surface area (Å²) in [6.45, 7) is 4.16. The van der Waals surface area contributed by atoms with Crippen LogP contribution in [0.3, 0.4) is 0 Å². The summed E-state index contributed by atoms with van der Waals surface area (Å²) in [6, 6.07) is 8.50. The molecule has 0 spiro atoms. The number of hydrogen-bond acceptors (Lipinski definition) is 2. The molecule has 0 aliphatic rings. The largest absolute Gasteiger partial charge is 0.390 e. The molecule has 1 rings (SSSR count). The Morgan fingerprint density at radius 1 is 1.00 bits per heavy atom. The van der Waals surface area contributed by atoms with Crippen molar-refractivity contribution in [1.82, 2.24) is 10.6 Å². The first-order valence-electron chi connectivity index (χ1n) is 4.82. The van der Waals surface area contributed by atoms with Gasteiger partial charge in [-0.3, -0.25) is 0 Å². The molecule has 0 atom stereocenters. The van der Waals surface area contributed by atoms with Crippen molar-refractivity contribution in [3.8, 4) is 0 Å². The van der Waals surface area contributed by atoms with E-state index in [1.165, 1.54) is 11.1 Å². The molecule has 0 heterocycles. The second-order valence-electron chi connectivity index (χ2n) is 3.37. The molecule has 0 amide bonds. The molecule has 0 saturated heterocycles. The summed E-state index contributed by atoms with van der Waals surface area (Å²) in [6.07, 6.45) is 0. The zero-order chi connectivity index (χ0) is 10.6. The van der Waals surface area contributed by atoms with E-state index in [1.54, 1.807) is 0 Å². The summed E-state index contributed by atoms with van der Waals surface area (Å²) < 4.78 is 0. The summed E-state index contributed by atoms with van der Waals surface area (Å²) in [4.78, 5) is 0. The van der Waals surface area contributed by atoms with Gasteiger partial charge in [0.2, 0.25) is 0 Å². The van der Waals surface area contributed by atoms with Crippen LogP contribution in [0.2, 0.25) is 0 Å². The van der Waals surface area contributed by atoms with Crippen LogP contribution in [0.4, 0.5) is 0 Å². The van der Waals surface area contributed by atoms with Gasteiger partial charge >= 0.3 is 0 Å². The summed E-state index contributed by atoms with van der Waals surface area (Å²) >= 11 is 0. The van der Waals surface area contributed by atoms with Crippen molar-refractivity contribution in [3.05, 3.63) is 41.1 Å². The highest BCUT2D eigenvalue weighted by Crippen LogP contribution is 2.14. The second-order valence-corrected chi connectivity index (χ2v) is 3.37. The molecule has 1 aromatic carbocycles. The molecule has 0 unspecified atom stereocenters. The van der Waals surface area contributed by atoms with Gasteiger partial charge in [0.05, 0.1) is 5.70 Å². The van der Waals surface area contributed by atoms with Gasteiger partial charge in [-0.25, -0.2) is 0 Å². The second kappa shape index (κ2) is 6.36. The Balaban J connectivity index is 0.00000196. The van der Waals surface area contributed by atoms with Crippen LogP contribution in [-0.2, 0) is 0 Å². The van der Waals surface area contributed by atoms with E-state index in [4.69, 9.17) is 0 Å². The van der Waals surface area contributed by atoms with Gasteiger partial charge in [0.1, 0.15) is 0 Å². The topological polar surface area (TPSA) is 24.1 Å². The molecule has 0 aromatic heterocycles. The minimum atomic E-state index is 0. The van der Waals surface area contributed by atoms with Crippen LogP contribution in [0.15, 0.2) is 30.0 Å². The molecule has 0 saturated carbocycles. The van der Waals surface area contributed by atoms with E-state index < -0.39 is 0 Å². The highest BCUT2D eigenvalue weighted by Gasteiger charge is 2.01. The number of aryl methyl sites for hydroxylation is 1. The number of halogens is 1. The molecule has 0 fully saturated rings. The first-order valence-corrected chi connectivity index (χ1v) is 4.82. The Bertz CT molecular complexity index is 328. The van der Waals surface area contributed by atoms with Crippen LogP contribution in [0, 0.1) is 6.92 Å². The molecule has 2 N–H and O–H groups in total. The van der Waals surface area contributed by atoms with Crippen molar-refractivity contribution in [2.75, 3.05) is 14.1 Å². The lowest BCUT2D eigenvalue weighted by atomic mass is 10.1. The maximum atomic E-state index is 3.21. The highest BCUT2D eigenvalue weighted by molar-refractivity contribution is 5.85. The standard InChI is InChI=1S/C12H18N2.ClH/c1-9-5-7-11(8-6-9)12(14-4)10(2)13-3;/h5-8,13-14H,1-4H3;1H. The number of allylic oxidation sites excluding steroid dienone is 1. The summed E-state index contributed by atoms with van der Waals surface area (Å²) in [5.74, 6) is 0. The van der Waals surface area contributed by atoms with Crippen molar-refractivity contribution in [2.45, 2.75) is 13.8 Å². The summed E-state index contributed by atoms with van der Waals surface area (Å²) in [5.41, 5.74) is 4.79. The Labute approximate surface area is 98.2 Å². The Morgan fingerprint density at radius 2 is 1.53 bits per heavy atom. The molecule has 0 bridgehead atoms. The number of rotatable bonds is 3. The average molecular weight is 227 g/mol. The third kappa shape index (κ3) is 3.48. The van der Waals surface area contributed by atoms with Gasteiger partial charge in [-0.05, 0) is 19.4 Å². The van der Waals surface area contributed by atoms with Crippen LogP contribution in [0.25, 0.3) is 5.70 Å². The monoisotopic (exact) mass is 226 g/mol. The van der Waals surface area contributed by atoms with Gasteiger partial charge in [-0.2, -0.15) is 0 Å². The van der Waals surface area contributed by atoms with Crippen LogP contribution >= 0.6 is 12.4 Å². The Kier molecular flexibility index (Phi) is 5.87. The summed E-state index contributed by atoms with van der Waals surface area (Å²) in [7, 11) is 3.87. The van der Waals surface area contributed by atoms with Crippen molar-refractivity contribution >= 4 is 18.1 Å². The molecule has 0 radical (unpaired) electrons. The molecule has 84 valence electrons. The normalized spacial score (nSPS) is 11.2. The zero-order valence-corrected chi connectivity index (χ0v) is 10.5. The lowest BCUT2D eigenvalue weighted by Crippen LogP contribution is -2.14. The minimum absolute atomic E-state index is 0. The molecular weight excluding hydrogens is 208 g/mol. The van der Waals surface area contributed by atoms with Gasteiger partial charge < -0.3 is 10.6 Å². The molecule has 15 heavy (non-hydrogen) atoms. The smallest absolute Gasteiger partial charge is 0.0600 e. The predicted molar refractivity (Wildman–Crippen MR) is 69.1 cm³/mol. The number of nitrogens with one attached hydrogen (secondary N) is 2. The van der Waals surface area contributed by atoms with E-state index in [9.17, 15) is 0 Å². The Hall–Kier alpha value is -1.15. The SMILES string of the molecule is CNC(C)=C(NC)c1ccc(C)cc1.Cl. The van der Waals surface area contributed by atoms with Crippen LogP contribution in [-0.4, -0.2) is 14.1 Å². The van der Waals surface area contributed by atoms with Crippen LogP contribution < -0.4 is 10.6 Å². The molecule has 0 aliphatic carbocycles.